The van der Waals surface area contributed by atoms with Gasteiger partial charge < -0.3 is 20.9 Å². The zero-order valence-corrected chi connectivity index (χ0v) is 24.0. The molecule has 1 aromatic rings. The van der Waals surface area contributed by atoms with Gasteiger partial charge in [-0.25, -0.2) is 0 Å². The highest BCUT2D eigenvalue weighted by Crippen LogP contribution is 2.46. The number of carbonyl (C=O) groups is 3. The van der Waals surface area contributed by atoms with Gasteiger partial charge in [0.1, 0.15) is 0 Å². The molecule has 0 bridgehead atoms. The number of amides is 3. The van der Waals surface area contributed by atoms with E-state index in [1.807, 2.05) is 49.9 Å². The summed E-state index contributed by atoms with van der Waals surface area (Å²) in [5.41, 5.74) is 0.341. The molecule has 210 valence electrons. The number of rotatable bonds is 8. The molecule has 7 nitrogen and oxygen atoms in total. The first-order chi connectivity index (χ1) is 18.1. The monoisotopic (exact) mass is 544 g/mol. The lowest BCUT2D eigenvalue weighted by atomic mass is 9.63. The molecular formula is C30H45ClN4O3. The van der Waals surface area contributed by atoms with Crippen molar-refractivity contribution < 1.29 is 14.4 Å². The van der Waals surface area contributed by atoms with Crippen molar-refractivity contribution in [3.05, 3.63) is 34.9 Å². The molecule has 1 aliphatic carbocycles. The number of carbonyl (C=O) groups excluding carboxylic acids is 3. The van der Waals surface area contributed by atoms with Gasteiger partial charge in [-0.2, -0.15) is 0 Å². The molecule has 0 unspecified atom stereocenters. The fraction of sp³-hybridized carbons (Fsp3) is 0.700. The largest absolute Gasteiger partial charge is 0.351 e. The highest BCUT2D eigenvalue weighted by Gasteiger charge is 2.48. The second-order valence-electron chi connectivity index (χ2n) is 12.6. The first-order valence-electron chi connectivity index (χ1n) is 14.4. The number of halogens is 1. The Balaban J connectivity index is 1.42. The van der Waals surface area contributed by atoms with E-state index in [0.29, 0.717) is 43.3 Å². The Morgan fingerprint density at radius 1 is 1.05 bits per heavy atom. The first kappa shape index (κ1) is 28.9. The predicted molar refractivity (Wildman–Crippen MR) is 151 cm³/mol. The third-order valence-electron chi connectivity index (χ3n) is 8.64. The van der Waals surface area contributed by atoms with Crippen LogP contribution >= 0.6 is 11.6 Å². The summed E-state index contributed by atoms with van der Waals surface area (Å²) in [7, 11) is 0. The Kier molecular flexibility index (Phi) is 9.40. The van der Waals surface area contributed by atoms with Gasteiger partial charge in [0.15, 0.2) is 0 Å². The van der Waals surface area contributed by atoms with Gasteiger partial charge >= 0.3 is 0 Å². The summed E-state index contributed by atoms with van der Waals surface area (Å²) in [6.45, 7) is 8.11. The summed E-state index contributed by atoms with van der Waals surface area (Å²) >= 11 is 6.06. The van der Waals surface area contributed by atoms with Gasteiger partial charge in [-0.3, -0.25) is 14.4 Å². The quantitative estimate of drug-likeness (QED) is 0.457. The van der Waals surface area contributed by atoms with E-state index in [9.17, 15) is 14.4 Å². The van der Waals surface area contributed by atoms with Crippen molar-refractivity contribution in [3.63, 3.8) is 0 Å². The topological polar surface area (TPSA) is 90.5 Å². The Bertz CT molecular complexity index is 972. The molecule has 3 aliphatic rings. The lowest BCUT2D eigenvalue weighted by Gasteiger charge is -2.47. The number of nitrogens with zero attached hydrogens (tertiary/aromatic N) is 1. The lowest BCUT2D eigenvalue weighted by Crippen LogP contribution is -2.58. The van der Waals surface area contributed by atoms with E-state index < -0.39 is 5.41 Å². The summed E-state index contributed by atoms with van der Waals surface area (Å²) in [4.78, 5) is 41.8. The maximum Gasteiger partial charge on any atom is 0.237 e. The second kappa shape index (κ2) is 12.4. The normalized spacial score (nSPS) is 22.7. The van der Waals surface area contributed by atoms with Crippen molar-refractivity contribution in [2.45, 2.75) is 103 Å². The van der Waals surface area contributed by atoms with Crippen LogP contribution in [0.5, 0.6) is 0 Å². The second-order valence-corrected chi connectivity index (χ2v) is 13.0. The fourth-order valence-corrected chi connectivity index (χ4v) is 6.46. The van der Waals surface area contributed by atoms with Crippen molar-refractivity contribution in [2.75, 3.05) is 19.6 Å². The van der Waals surface area contributed by atoms with Crippen LogP contribution in [0.2, 0.25) is 5.02 Å². The molecule has 2 aliphatic heterocycles. The first-order valence-corrected chi connectivity index (χ1v) is 14.8. The SMILES string of the molecule is CC(C)(C)NC(=O)C1(C2CCCCC2)CCN(C(=O)C[C@@H](Cc2ccc(Cl)cc2)NC(=O)[C@@H]2CCN2)CC1. The van der Waals surface area contributed by atoms with Gasteiger partial charge in [0.25, 0.3) is 0 Å². The van der Waals surface area contributed by atoms with E-state index in [0.717, 1.165) is 31.4 Å². The van der Waals surface area contributed by atoms with Crippen molar-refractivity contribution in [2.24, 2.45) is 11.3 Å². The summed E-state index contributed by atoms with van der Waals surface area (Å²) in [5, 5.41) is 10.2. The van der Waals surface area contributed by atoms with Crippen molar-refractivity contribution in [1.29, 1.82) is 0 Å². The van der Waals surface area contributed by atoms with E-state index in [4.69, 9.17) is 11.6 Å². The third kappa shape index (κ3) is 7.29. The number of likely N-dealkylation sites (tertiary alicyclic amines) is 1. The van der Waals surface area contributed by atoms with E-state index in [1.54, 1.807) is 0 Å². The molecule has 0 aromatic heterocycles. The summed E-state index contributed by atoms with van der Waals surface area (Å²) < 4.78 is 0. The van der Waals surface area contributed by atoms with Gasteiger partial charge in [0.05, 0.1) is 11.5 Å². The molecule has 3 amide bonds. The maximum absolute atomic E-state index is 13.7. The molecule has 1 saturated carbocycles. The van der Waals surface area contributed by atoms with Crippen molar-refractivity contribution in [1.82, 2.24) is 20.9 Å². The highest BCUT2D eigenvalue weighted by molar-refractivity contribution is 6.30. The van der Waals surface area contributed by atoms with Crippen LogP contribution in [0.25, 0.3) is 0 Å². The Labute approximate surface area is 232 Å². The van der Waals surface area contributed by atoms with Crippen LogP contribution in [0.1, 0.15) is 84.1 Å². The van der Waals surface area contributed by atoms with Crippen molar-refractivity contribution >= 4 is 29.3 Å². The number of piperidine rings is 1. The summed E-state index contributed by atoms with van der Waals surface area (Å²) in [6, 6.07) is 7.09. The molecule has 4 rings (SSSR count). The minimum atomic E-state index is -0.405. The number of benzene rings is 1. The molecule has 2 saturated heterocycles. The minimum Gasteiger partial charge on any atom is -0.351 e. The Morgan fingerprint density at radius 3 is 2.24 bits per heavy atom. The van der Waals surface area contributed by atoms with Crippen molar-refractivity contribution in [3.8, 4) is 0 Å². The maximum atomic E-state index is 13.7. The van der Waals surface area contributed by atoms with Gasteiger partial charge in [-0.05, 0) is 89.5 Å². The molecule has 3 fully saturated rings. The smallest absolute Gasteiger partial charge is 0.237 e. The summed E-state index contributed by atoms with van der Waals surface area (Å²) in [5.74, 6) is 0.531. The van der Waals surface area contributed by atoms with Crippen LogP contribution in [0.4, 0.5) is 0 Å². The molecule has 3 N–H and O–H groups in total. The fourth-order valence-electron chi connectivity index (χ4n) is 6.33. The number of hydrogen-bond donors (Lipinski definition) is 3. The molecule has 38 heavy (non-hydrogen) atoms. The highest BCUT2D eigenvalue weighted by atomic mass is 35.5. The summed E-state index contributed by atoms with van der Waals surface area (Å²) in [6.07, 6.45) is 8.82. The molecule has 8 heteroatoms. The van der Waals surface area contributed by atoms with Crippen LogP contribution in [0, 0.1) is 11.3 Å². The van der Waals surface area contributed by atoms with E-state index >= 15 is 0 Å². The van der Waals surface area contributed by atoms with Gasteiger partial charge in [0, 0.05) is 36.1 Å². The zero-order chi connectivity index (χ0) is 27.3. The molecule has 2 atom stereocenters. The van der Waals surface area contributed by atoms with Crippen LogP contribution in [-0.4, -0.2) is 59.9 Å². The van der Waals surface area contributed by atoms with Crippen LogP contribution in [-0.2, 0) is 20.8 Å². The zero-order valence-electron chi connectivity index (χ0n) is 23.3. The number of nitrogens with one attached hydrogen (secondary N) is 3. The van der Waals surface area contributed by atoms with Gasteiger partial charge in [0.2, 0.25) is 17.7 Å². The standard InChI is InChI=1S/C30H45ClN4O3/c1-29(2,3)34-28(38)30(22-7-5-4-6-8-22)14-17-35(18-15-30)26(36)20-24(33-27(37)25-13-16-32-25)19-21-9-11-23(31)12-10-21/h9-12,22,24-25,32H,4-8,13-20H2,1-3H3,(H,33,37)(H,34,38)/t24-,25+/m1/s1. The van der Waals surface area contributed by atoms with Crippen LogP contribution in [0.3, 0.4) is 0 Å². The molecule has 2 heterocycles. The van der Waals surface area contributed by atoms with Gasteiger partial charge in [-0.15, -0.1) is 0 Å². The van der Waals surface area contributed by atoms with E-state index in [1.165, 1.54) is 19.3 Å². The lowest BCUT2D eigenvalue weighted by molar-refractivity contribution is -0.146. The van der Waals surface area contributed by atoms with Crippen LogP contribution < -0.4 is 16.0 Å². The minimum absolute atomic E-state index is 0.0410. The van der Waals surface area contributed by atoms with E-state index in [2.05, 4.69) is 16.0 Å². The third-order valence-corrected chi connectivity index (χ3v) is 8.89. The van der Waals surface area contributed by atoms with E-state index in [-0.39, 0.29) is 41.8 Å². The van der Waals surface area contributed by atoms with Gasteiger partial charge in [-0.1, -0.05) is 43.0 Å². The molecule has 0 radical (unpaired) electrons. The number of hydrogen-bond acceptors (Lipinski definition) is 4. The predicted octanol–water partition coefficient (Wildman–Crippen LogP) is 4.22. The average molecular weight is 545 g/mol. The molecular weight excluding hydrogens is 500 g/mol. The van der Waals surface area contributed by atoms with Crippen LogP contribution in [0.15, 0.2) is 24.3 Å². The molecule has 1 aromatic carbocycles. The molecule has 0 spiro atoms. The Morgan fingerprint density at radius 2 is 1.68 bits per heavy atom. The Hall–Kier alpha value is -2.12. The average Bonchev–Trinajstić information content (AvgIpc) is 2.83.